The van der Waals surface area contributed by atoms with E-state index in [1.54, 1.807) is 0 Å². The second-order valence-corrected chi connectivity index (χ2v) is 6.81. The minimum Gasteiger partial charge on any atom is -0.396 e. The molecule has 0 aromatic heterocycles. The Morgan fingerprint density at radius 2 is 1.73 bits per heavy atom. The van der Waals surface area contributed by atoms with Crippen molar-refractivity contribution in [3.8, 4) is 0 Å². The molecule has 1 aliphatic carbocycles. The van der Waals surface area contributed by atoms with Gasteiger partial charge in [-0.2, -0.15) is 0 Å². The molecule has 0 atom stereocenters. The molecule has 0 unspecified atom stereocenters. The molecule has 1 aromatic rings. The lowest BCUT2D eigenvalue weighted by Gasteiger charge is -2.30. The number of carbonyl (C=O) groups excluding carboxylic acids is 1. The number of hydrogen-bond acceptors (Lipinski definition) is 2. The molecule has 1 aliphatic heterocycles. The number of aliphatic hydroxyl groups is 1. The van der Waals surface area contributed by atoms with Crippen LogP contribution in [0.5, 0.6) is 0 Å². The highest BCUT2D eigenvalue weighted by Gasteiger charge is 2.52. The van der Waals surface area contributed by atoms with Gasteiger partial charge in [0.15, 0.2) is 0 Å². The first-order valence-corrected chi connectivity index (χ1v) is 8.76. The first-order valence-electron chi connectivity index (χ1n) is 8.76. The van der Waals surface area contributed by atoms with E-state index in [0.29, 0.717) is 5.91 Å². The van der Waals surface area contributed by atoms with E-state index in [9.17, 15) is 4.79 Å². The molecule has 1 amide bonds. The van der Waals surface area contributed by atoms with Crippen LogP contribution in [-0.4, -0.2) is 35.6 Å². The minimum atomic E-state index is -0.207. The van der Waals surface area contributed by atoms with Gasteiger partial charge in [0.2, 0.25) is 5.91 Å². The van der Waals surface area contributed by atoms with Gasteiger partial charge in [0.1, 0.15) is 0 Å². The average Bonchev–Trinajstić information content (AvgIpc) is 3.38. The summed E-state index contributed by atoms with van der Waals surface area (Å²) in [5.74, 6) is 0.361. The van der Waals surface area contributed by atoms with Crippen LogP contribution < -0.4 is 0 Å². The number of aryl methyl sites for hydroxylation is 1. The van der Waals surface area contributed by atoms with Crippen LogP contribution in [0.4, 0.5) is 0 Å². The van der Waals surface area contributed by atoms with E-state index >= 15 is 0 Å². The van der Waals surface area contributed by atoms with Crippen LogP contribution in [0.2, 0.25) is 0 Å². The van der Waals surface area contributed by atoms with Crippen molar-refractivity contribution >= 4 is 5.91 Å². The van der Waals surface area contributed by atoms with Crippen LogP contribution in [0.1, 0.15) is 56.1 Å². The second kappa shape index (κ2) is 6.82. The number of amides is 1. The van der Waals surface area contributed by atoms with Gasteiger partial charge in [0.05, 0.1) is 5.41 Å². The molecule has 1 saturated heterocycles. The number of likely N-dealkylation sites (tertiary alicyclic amines) is 1. The van der Waals surface area contributed by atoms with Crippen LogP contribution in [0.3, 0.4) is 0 Å². The predicted octanol–water partition coefficient (Wildman–Crippen LogP) is 3.05. The third-order valence-corrected chi connectivity index (χ3v) is 5.18. The molecule has 1 aromatic carbocycles. The molecule has 1 heterocycles. The lowest BCUT2D eigenvalue weighted by Crippen LogP contribution is -2.42. The van der Waals surface area contributed by atoms with Crippen LogP contribution in [0.15, 0.2) is 24.3 Å². The zero-order valence-electron chi connectivity index (χ0n) is 13.4. The van der Waals surface area contributed by atoms with Gasteiger partial charge in [-0.05, 0) is 62.5 Å². The Morgan fingerprint density at radius 1 is 1.05 bits per heavy atom. The van der Waals surface area contributed by atoms with Gasteiger partial charge in [-0.3, -0.25) is 4.79 Å². The highest BCUT2D eigenvalue weighted by atomic mass is 16.2. The average molecular weight is 301 g/mol. The lowest BCUT2D eigenvalue weighted by atomic mass is 9.92. The van der Waals surface area contributed by atoms with E-state index in [4.69, 9.17) is 5.11 Å². The smallest absolute Gasteiger partial charge is 0.233 e. The summed E-state index contributed by atoms with van der Waals surface area (Å²) < 4.78 is 0. The van der Waals surface area contributed by atoms with E-state index in [1.165, 1.54) is 17.5 Å². The molecule has 2 fully saturated rings. The highest BCUT2D eigenvalue weighted by Crippen LogP contribution is 2.49. The molecule has 1 saturated carbocycles. The molecule has 1 N–H and O–H groups in total. The Kier molecular flexibility index (Phi) is 4.82. The molecule has 0 bridgehead atoms. The monoisotopic (exact) mass is 301 g/mol. The number of carbonyl (C=O) groups is 1. The number of unbranched alkanes of at least 4 members (excludes halogenated alkanes) is 1. The molecule has 22 heavy (non-hydrogen) atoms. The topological polar surface area (TPSA) is 40.5 Å². The fourth-order valence-corrected chi connectivity index (χ4v) is 3.58. The summed E-state index contributed by atoms with van der Waals surface area (Å²) in [7, 11) is 0. The van der Waals surface area contributed by atoms with Gasteiger partial charge >= 0.3 is 0 Å². The van der Waals surface area contributed by atoms with Crippen LogP contribution in [0.25, 0.3) is 0 Å². The largest absolute Gasteiger partial charge is 0.396 e. The van der Waals surface area contributed by atoms with E-state index < -0.39 is 0 Å². The van der Waals surface area contributed by atoms with E-state index in [2.05, 4.69) is 29.2 Å². The van der Waals surface area contributed by atoms with Gasteiger partial charge in [0, 0.05) is 19.7 Å². The van der Waals surface area contributed by atoms with Crippen molar-refractivity contribution in [2.75, 3.05) is 19.7 Å². The zero-order chi connectivity index (χ0) is 15.4. The van der Waals surface area contributed by atoms with E-state index in [-0.39, 0.29) is 12.0 Å². The van der Waals surface area contributed by atoms with Crippen molar-refractivity contribution in [2.45, 2.75) is 56.8 Å². The lowest BCUT2D eigenvalue weighted by molar-refractivity contribution is -0.134. The van der Waals surface area contributed by atoms with Crippen LogP contribution >= 0.6 is 0 Å². The molecule has 3 nitrogen and oxygen atoms in total. The molecule has 3 rings (SSSR count). The predicted molar refractivity (Wildman–Crippen MR) is 87.8 cm³/mol. The third-order valence-electron chi connectivity index (χ3n) is 5.18. The number of rotatable bonds is 6. The van der Waals surface area contributed by atoms with Crippen molar-refractivity contribution in [1.82, 2.24) is 4.90 Å². The number of nitrogens with zero attached hydrogens (tertiary/aromatic N) is 1. The maximum absolute atomic E-state index is 12.9. The van der Waals surface area contributed by atoms with Crippen LogP contribution in [0, 0.1) is 0 Å². The molecular formula is C19H27NO2. The van der Waals surface area contributed by atoms with Crippen molar-refractivity contribution < 1.29 is 9.90 Å². The Morgan fingerprint density at radius 3 is 2.32 bits per heavy atom. The summed E-state index contributed by atoms with van der Waals surface area (Å²) in [6.45, 7) is 2.16. The minimum absolute atomic E-state index is 0.207. The zero-order valence-corrected chi connectivity index (χ0v) is 13.4. The molecule has 0 radical (unpaired) electrons. The van der Waals surface area contributed by atoms with Gasteiger partial charge in [0.25, 0.3) is 0 Å². The Balaban J connectivity index is 1.66. The summed E-state index contributed by atoms with van der Waals surface area (Å²) in [5, 5.41) is 8.85. The standard InChI is InChI=1S/C19H27NO2/c21-15-5-2-6-16-7-9-17(10-8-16)19(11-12-19)18(22)20-13-3-1-4-14-20/h7-10,21H,1-6,11-15H2. The summed E-state index contributed by atoms with van der Waals surface area (Å²) in [5.41, 5.74) is 2.30. The van der Waals surface area contributed by atoms with Crippen LogP contribution in [-0.2, 0) is 16.6 Å². The number of aliphatic hydroxyl groups excluding tert-OH is 1. The van der Waals surface area contributed by atoms with Gasteiger partial charge in [-0.1, -0.05) is 24.3 Å². The second-order valence-electron chi connectivity index (χ2n) is 6.81. The fourth-order valence-electron chi connectivity index (χ4n) is 3.58. The SMILES string of the molecule is O=C(N1CCCCC1)C1(c2ccc(CCCCO)cc2)CC1. The Bertz CT molecular complexity index is 499. The van der Waals surface area contributed by atoms with Gasteiger partial charge in [-0.25, -0.2) is 0 Å². The summed E-state index contributed by atoms with van der Waals surface area (Å²) in [6.07, 6.45) is 8.48. The summed E-state index contributed by atoms with van der Waals surface area (Å²) in [4.78, 5) is 15.0. The quantitative estimate of drug-likeness (QED) is 0.820. The number of hydrogen-bond donors (Lipinski definition) is 1. The summed E-state index contributed by atoms with van der Waals surface area (Å²) >= 11 is 0. The third kappa shape index (κ3) is 3.19. The fraction of sp³-hybridized carbons (Fsp3) is 0.632. The maximum Gasteiger partial charge on any atom is 0.233 e. The first kappa shape index (κ1) is 15.5. The Labute approximate surface area is 133 Å². The molecule has 3 heteroatoms. The number of piperidine rings is 1. The molecular weight excluding hydrogens is 274 g/mol. The van der Waals surface area contributed by atoms with Gasteiger partial charge in [-0.15, -0.1) is 0 Å². The number of benzene rings is 1. The molecule has 120 valence electrons. The van der Waals surface area contributed by atoms with E-state index in [0.717, 1.165) is 58.0 Å². The van der Waals surface area contributed by atoms with Gasteiger partial charge < -0.3 is 10.0 Å². The normalized spacial score (nSPS) is 20.0. The van der Waals surface area contributed by atoms with Crippen molar-refractivity contribution in [3.05, 3.63) is 35.4 Å². The van der Waals surface area contributed by atoms with Crippen molar-refractivity contribution in [3.63, 3.8) is 0 Å². The first-order chi connectivity index (χ1) is 10.8. The summed E-state index contributed by atoms with van der Waals surface area (Å²) in [6, 6.07) is 8.64. The molecule has 0 spiro atoms. The highest BCUT2D eigenvalue weighted by molar-refractivity contribution is 5.91. The Hall–Kier alpha value is -1.35. The van der Waals surface area contributed by atoms with Crippen molar-refractivity contribution in [1.29, 1.82) is 0 Å². The maximum atomic E-state index is 12.9. The van der Waals surface area contributed by atoms with E-state index in [1.807, 2.05) is 0 Å². The molecule has 2 aliphatic rings. The van der Waals surface area contributed by atoms with Crippen molar-refractivity contribution in [2.24, 2.45) is 0 Å².